The third-order valence-corrected chi connectivity index (χ3v) is 2.44. The van der Waals surface area contributed by atoms with Crippen molar-refractivity contribution < 1.29 is 14.3 Å². The lowest BCUT2D eigenvalue weighted by Crippen LogP contribution is -2.06. The Morgan fingerprint density at radius 3 is 2.76 bits per heavy atom. The average molecular weight is 232 g/mol. The number of carbonyl (C=O) groups is 1. The molecule has 1 aromatic carbocycles. The van der Waals surface area contributed by atoms with Gasteiger partial charge >= 0.3 is 5.97 Å². The van der Waals surface area contributed by atoms with Gasteiger partial charge in [-0.15, -0.1) is 0 Å². The normalized spacial score (nSPS) is 10.2. The Balaban J connectivity index is 2.73. The van der Waals surface area contributed by atoms with E-state index in [2.05, 4.69) is 9.72 Å². The van der Waals surface area contributed by atoms with E-state index in [1.807, 2.05) is 6.07 Å². The van der Waals surface area contributed by atoms with Crippen molar-refractivity contribution in [1.29, 1.82) is 0 Å². The highest BCUT2D eigenvalue weighted by Crippen LogP contribution is 2.26. The first kappa shape index (κ1) is 11.2. The second-order valence-electron chi connectivity index (χ2n) is 3.46. The number of rotatable bonds is 2. The number of anilines is 1. The van der Waals surface area contributed by atoms with E-state index >= 15 is 0 Å². The number of hydrogen-bond donors (Lipinski definition) is 1. The highest BCUT2D eigenvalue weighted by Gasteiger charge is 2.16. The highest BCUT2D eigenvalue weighted by atomic mass is 16.5. The largest absolute Gasteiger partial charge is 0.480 e. The molecule has 1 heterocycles. The van der Waals surface area contributed by atoms with Crippen LogP contribution in [-0.2, 0) is 4.74 Å². The molecule has 0 unspecified atom stereocenters. The van der Waals surface area contributed by atoms with E-state index in [0.29, 0.717) is 11.2 Å². The van der Waals surface area contributed by atoms with Crippen molar-refractivity contribution in [3.8, 4) is 5.88 Å². The number of pyridine rings is 1. The van der Waals surface area contributed by atoms with Crippen LogP contribution >= 0.6 is 0 Å². The molecule has 5 heteroatoms. The number of benzene rings is 1. The van der Waals surface area contributed by atoms with Crippen LogP contribution in [0, 0.1) is 0 Å². The molecule has 5 nitrogen and oxygen atoms in total. The smallest absolute Gasteiger partial charge is 0.343 e. The molecule has 0 aliphatic carbocycles. The van der Waals surface area contributed by atoms with Gasteiger partial charge in [0.25, 0.3) is 0 Å². The van der Waals surface area contributed by atoms with Gasteiger partial charge in [0.2, 0.25) is 5.88 Å². The molecule has 17 heavy (non-hydrogen) atoms. The number of fused-ring (bicyclic) bond motifs is 1. The molecular weight excluding hydrogens is 220 g/mol. The van der Waals surface area contributed by atoms with E-state index in [1.165, 1.54) is 14.2 Å². The summed E-state index contributed by atoms with van der Waals surface area (Å²) in [5, 5.41) is 0.770. The number of ether oxygens (including phenoxy) is 2. The van der Waals surface area contributed by atoms with Crippen molar-refractivity contribution in [2.75, 3.05) is 20.0 Å². The lowest BCUT2D eigenvalue weighted by molar-refractivity contribution is 0.0596. The molecule has 0 saturated heterocycles. The molecule has 0 bridgehead atoms. The minimum absolute atomic E-state index is 0.210. The fraction of sp³-hybridized carbons (Fsp3) is 0.167. The minimum Gasteiger partial charge on any atom is -0.480 e. The Morgan fingerprint density at radius 2 is 2.12 bits per heavy atom. The fourth-order valence-corrected chi connectivity index (χ4v) is 1.62. The van der Waals surface area contributed by atoms with Crippen LogP contribution in [0.2, 0.25) is 0 Å². The molecule has 0 saturated carbocycles. The molecule has 0 amide bonds. The monoisotopic (exact) mass is 232 g/mol. The zero-order valence-corrected chi connectivity index (χ0v) is 9.56. The van der Waals surface area contributed by atoms with E-state index in [-0.39, 0.29) is 11.4 Å². The Labute approximate surface area is 98.2 Å². The number of nitrogens with two attached hydrogens (primary N) is 1. The van der Waals surface area contributed by atoms with Crippen LogP contribution < -0.4 is 10.5 Å². The number of para-hydroxylation sites is 1. The first-order valence-corrected chi connectivity index (χ1v) is 4.99. The first-order chi connectivity index (χ1) is 8.17. The molecular formula is C12H12N2O3. The van der Waals surface area contributed by atoms with Gasteiger partial charge in [-0.1, -0.05) is 12.1 Å². The first-order valence-electron chi connectivity index (χ1n) is 4.99. The lowest BCUT2D eigenvalue weighted by atomic mass is 10.1. The van der Waals surface area contributed by atoms with Crippen molar-refractivity contribution in [2.45, 2.75) is 0 Å². The minimum atomic E-state index is -0.487. The van der Waals surface area contributed by atoms with Crippen molar-refractivity contribution in [3.63, 3.8) is 0 Å². The number of carbonyl (C=O) groups excluding carboxylic acids is 1. The standard InChI is InChI=1S/C12H12N2O3/c1-16-11-8(12(15)17-2)6-7-4-3-5-9(13)10(7)14-11/h3-6H,13H2,1-2H3. The van der Waals surface area contributed by atoms with Crippen LogP contribution in [0.5, 0.6) is 5.88 Å². The van der Waals surface area contributed by atoms with Crippen LogP contribution in [0.15, 0.2) is 24.3 Å². The molecule has 0 spiro atoms. The van der Waals surface area contributed by atoms with Crippen LogP contribution in [0.1, 0.15) is 10.4 Å². The summed E-state index contributed by atoms with van der Waals surface area (Å²) in [5.74, 6) is -0.277. The van der Waals surface area contributed by atoms with Crippen molar-refractivity contribution in [2.24, 2.45) is 0 Å². The molecule has 2 aromatic rings. The molecule has 1 aromatic heterocycles. The van der Waals surface area contributed by atoms with E-state index in [0.717, 1.165) is 5.39 Å². The van der Waals surface area contributed by atoms with Gasteiger partial charge in [-0.25, -0.2) is 9.78 Å². The third kappa shape index (κ3) is 1.87. The summed E-state index contributed by atoms with van der Waals surface area (Å²) in [6.45, 7) is 0. The fourth-order valence-electron chi connectivity index (χ4n) is 1.62. The Kier molecular flexibility index (Phi) is 2.82. The summed E-state index contributed by atoms with van der Waals surface area (Å²) in [7, 11) is 2.76. The lowest BCUT2D eigenvalue weighted by Gasteiger charge is -2.08. The van der Waals surface area contributed by atoms with E-state index in [9.17, 15) is 4.79 Å². The molecule has 0 atom stereocenters. The highest BCUT2D eigenvalue weighted by molar-refractivity contribution is 5.98. The maximum absolute atomic E-state index is 11.5. The van der Waals surface area contributed by atoms with Crippen molar-refractivity contribution in [3.05, 3.63) is 29.8 Å². The molecule has 0 fully saturated rings. The Morgan fingerprint density at radius 1 is 1.35 bits per heavy atom. The van der Waals surface area contributed by atoms with Gasteiger partial charge in [-0.3, -0.25) is 0 Å². The van der Waals surface area contributed by atoms with Gasteiger partial charge in [0.05, 0.1) is 25.4 Å². The number of nitrogens with zero attached hydrogens (tertiary/aromatic N) is 1. The van der Waals surface area contributed by atoms with E-state index < -0.39 is 5.97 Å². The van der Waals surface area contributed by atoms with Crippen LogP contribution in [0.25, 0.3) is 10.9 Å². The summed E-state index contributed by atoms with van der Waals surface area (Å²) < 4.78 is 9.73. The third-order valence-electron chi connectivity index (χ3n) is 2.44. The van der Waals surface area contributed by atoms with Crippen molar-refractivity contribution in [1.82, 2.24) is 4.98 Å². The molecule has 2 rings (SSSR count). The van der Waals surface area contributed by atoms with Crippen LogP contribution in [-0.4, -0.2) is 25.2 Å². The average Bonchev–Trinajstić information content (AvgIpc) is 2.37. The van der Waals surface area contributed by atoms with E-state index in [1.54, 1.807) is 18.2 Å². The topological polar surface area (TPSA) is 74.4 Å². The number of methoxy groups -OCH3 is 2. The van der Waals surface area contributed by atoms with Gasteiger partial charge in [0.15, 0.2) is 0 Å². The maximum Gasteiger partial charge on any atom is 0.343 e. The molecule has 88 valence electrons. The number of aromatic nitrogens is 1. The predicted octanol–water partition coefficient (Wildman–Crippen LogP) is 1.61. The number of nitrogen functional groups attached to an aromatic ring is 1. The van der Waals surface area contributed by atoms with Gasteiger partial charge < -0.3 is 15.2 Å². The molecule has 2 N–H and O–H groups in total. The summed E-state index contributed by atoms with van der Waals surface area (Å²) in [6.07, 6.45) is 0. The second-order valence-corrected chi connectivity index (χ2v) is 3.46. The second kappa shape index (κ2) is 4.29. The number of esters is 1. The van der Waals surface area contributed by atoms with Crippen molar-refractivity contribution >= 4 is 22.6 Å². The SMILES string of the molecule is COC(=O)c1cc2cccc(N)c2nc1OC. The van der Waals surface area contributed by atoms with Gasteiger partial charge in [-0.2, -0.15) is 0 Å². The van der Waals surface area contributed by atoms with Crippen LogP contribution in [0.3, 0.4) is 0 Å². The summed E-state index contributed by atoms with van der Waals surface area (Å²) in [5.41, 5.74) is 7.24. The zero-order valence-electron chi connectivity index (χ0n) is 9.56. The van der Waals surface area contributed by atoms with Gasteiger partial charge in [-0.05, 0) is 12.1 Å². The number of hydrogen-bond acceptors (Lipinski definition) is 5. The van der Waals surface area contributed by atoms with Gasteiger partial charge in [0.1, 0.15) is 5.56 Å². The van der Waals surface area contributed by atoms with Gasteiger partial charge in [0, 0.05) is 5.39 Å². The maximum atomic E-state index is 11.5. The summed E-state index contributed by atoms with van der Waals surface area (Å²) >= 11 is 0. The zero-order chi connectivity index (χ0) is 12.4. The van der Waals surface area contributed by atoms with E-state index in [4.69, 9.17) is 10.5 Å². The molecule has 0 aliphatic rings. The predicted molar refractivity (Wildman–Crippen MR) is 64.0 cm³/mol. The Hall–Kier alpha value is -2.30. The Bertz CT molecular complexity index is 581. The molecule has 0 radical (unpaired) electrons. The quantitative estimate of drug-likeness (QED) is 0.629. The van der Waals surface area contributed by atoms with Crippen LogP contribution in [0.4, 0.5) is 5.69 Å². The summed E-state index contributed by atoms with van der Waals surface area (Å²) in [6, 6.07) is 7.02. The summed E-state index contributed by atoms with van der Waals surface area (Å²) in [4.78, 5) is 15.8. The molecule has 0 aliphatic heterocycles.